The van der Waals surface area contributed by atoms with Crippen LogP contribution in [0.4, 0.5) is 0 Å². The van der Waals surface area contributed by atoms with Gasteiger partial charge in [0.05, 0.1) is 6.10 Å². The van der Waals surface area contributed by atoms with Crippen molar-refractivity contribution in [3.05, 3.63) is 23.9 Å². The van der Waals surface area contributed by atoms with Gasteiger partial charge in [0.15, 0.2) is 0 Å². The third-order valence-corrected chi connectivity index (χ3v) is 1.40. The molecule has 4 nitrogen and oxygen atoms in total. The number of nitrogens with one attached hydrogen (secondary N) is 1. The first-order chi connectivity index (χ1) is 6.09. The summed E-state index contributed by atoms with van der Waals surface area (Å²) in [6.45, 7) is 3.86. The average Bonchev–Trinajstić information content (AvgIpc) is 2.04. The molecule has 1 aromatic heterocycles. The third kappa shape index (κ3) is 2.74. The van der Waals surface area contributed by atoms with Gasteiger partial charge in [-0.1, -0.05) is 0 Å². The van der Waals surface area contributed by atoms with Gasteiger partial charge in [0.1, 0.15) is 5.84 Å². The Morgan fingerprint density at radius 3 is 2.62 bits per heavy atom. The van der Waals surface area contributed by atoms with Crippen LogP contribution in [0, 0.1) is 5.41 Å². The summed E-state index contributed by atoms with van der Waals surface area (Å²) in [4.78, 5) is 4.00. The molecule has 4 heteroatoms. The Balaban J connectivity index is 2.75. The number of rotatable bonds is 3. The van der Waals surface area contributed by atoms with E-state index < -0.39 is 0 Å². The first kappa shape index (κ1) is 9.51. The monoisotopic (exact) mass is 179 g/mol. The molecule has 70 valence electrons. The van der Waals surface area contributed by atoms with Crippen molar-refractivity contribution in [1.82, 2.24) is 4.98 Å². The molecule has 0 atom stereocenters. The molecule has 1 aromatic rings. The van der Waals surface area contributed by atoms with Crippen molar-refractivity contribution in [2.45, 2.75) is 20.0 Å². The fraction of sp³-hybridized carbons (Fsp3) is 0.333. The highest BCUT2D eigenvalue weighted by molar-refractivity contribution is 5.94. The number of nitrogen functional groups attached to an aromatic ring is 1. The lowest BCUT2D eigenvalue weighted by Gasteiger charge is -2.08. The van der Waals surface area contributed by atoms with Crippen molar-refractivity contribution in [2.24, 2.45) is 5.73 Å². The smallest absolute Gasteiger partial charge is 0.213 e. The Morgan fingerprint density at radius 1 is 1.54 bits per heavy atom. The molecule has 0 aliphatic carbocycles. The van der Waals surface area contributed by atoms with Crippen molar-refractivity contribution in [1.29, 1.82) is 5.41 Å². The van der Waals surface area contributed by atoms with Crippen LogP contribution in [0.3, 0.4) is 0 Å². The van der Waals surface area contributed by atoms with E-state index in [0.29, 0.717) is 11.4 Å². The normalized spacial score (nSPS) is 10.1. The summed E-state index contributed by atoms with van der Waals surface area (Å²) >= 11 is 0. The molecule has 0 amide bonds. The molecule has 1 rings (SSSR count). The summed E-state index contributed by atoms with van der Waals surface area (Å²) in [5.74, 6) is 0.573. The Bertz CT molecular complexity index is 292. The second-order valence-corrected chi connectivity index (χ2v) is 2.97. The van der Waals surface area contributed by atoms with Gasteiger partial charge in [-0.05, 0) is 19.9 Å². The largest absolute Gasteiger partial charge is 0.475 e. The average molecular weight is 179 g/mol. The fourth-order valence-electron chi connectivity index (χ4n) is 0.851. The molecule has 0 radical (unpaired) electrons. The standard InChI is InChI=1S/C9H13N3O/c1-6(2)13-8-4-3-7(5-12-8)9(10)11/h3-6H,1-2H3,(H3,10,11). The molecular weight excluding hydrogens is 166 g/mol. The molecule has 0 saturated carbocycles. The highest BCUT2D eigenvalue weighted by Crippen LogP contribution is 2.08. The maximum atomic E-state index is 7.14. The highest BCUT2D eigenvalue weighted by Gasteiger charge is 2.00. The van der Waals surface area contributed by atoms with E-state index in [1.165, 1.54) is 6.20 Å². The van der Waals surface area contributed by atoms with Crippen molar-refractivity contribution in [3.8, 4) is 5.88 Å². The highest BCUT2D eigenvalue weighted by atomic mass is 16.5. The van der Waals surface area contributed by atoms with Gasteiger partial charge in [0, 0.05) is 17.8 Å². The Morgan fingerprint density at radius 2 is 2.23 bits per heavy atom. The van der Waals surface area contributed by atoms with Crippen LogP contribution in [0.2, 0.25) is 0 Å². The predicted octanol–water partition coefficient (Wildman–Crippen LogP) is 1.15. The van der Waals surface area contributed by atoms with E-state index in [1.54, 1.807) is 12.1 Å². The fourth-order valence-corrected chi connectivity index (χ4v) is 0.851. The lowest BCUT2D eigenvalue weighted by molar-refractivity contribution is 0.232. The zero-order valence-electron chi connectivity index (χ0n) is 7.74. The van der Waals surface area contributed by atoms with E-state index in [4.69, 9.17) is 15.9 Å². The van der Waals surface area contributed by atoms with Crippen molar-refractivity contribution in [2.75, 3.05) is 0 Å². The number of aromatic nitrogens is 1. The maximum absolute atomic E-state index is 7.14. The van der Waals surface area contributed by atoms with Gasteiger partial charge >= 0.3 is 0 Å². The van der Waals surface area contributed by atoms with Crippen LogP contribution >= 0.6 is 0 Å². The van der Waals surface area contributed by atoms with Crippen LogP contribution in [-0.4, -0.2) is 16.9 Å². The molecule has 0 aliphatic rings. The molecule has 1 heterocycles. The zero-order chi connectivity index (χ0) is 9.84. The van der Waals surface area contributed by atoms with Gasteiger partial charge in [-0.25, -0.2) is 4.98 Å². The molecule has 0 bridgehead atoms. The van der Waals surface area contributed by atoms with Crippen LogP contribution in [0.25, 0.3) is 0 Å². The summed E-state index contributed by atoms with van der Waals surface area (Å²) < 4.78 is 5.33. The van der Waals surface area contributed by atoms with E-state index in [0.717, 1.165) is 0 Å². The lowest BCUT2D eigenvalue weighted by atomic mass is 10.3. The minimum atomic E-state index is 0.0172. The Hall–Kier alpha value is -1.58. The molecule has 0 aromatic carbocycles. The van der Waals surface area contributed by atoms with Crippen molar-refractivity contribution in [3.63, 3.8) is 0 Å². The molecule has 0 unspecified atom stereocenters. The summed E-state index contributed by atoms with van der Waals surface area (Å²) in [7, 11) is 0. The van der Waals surface area contributed by atoms with Gasteiger partial charge in [-0.2, -0.15) is 0 Å². The SMILES string of the molecule is CC(C)Oc1ccc(C(=N)N)cn1. The third-order valence-electron chi connectivity index (χ3n) is 1.40. The van der Waals surface area contributed by atoms with E-state index >= 15 is 0 Å². The van der Waals surface area contributed by atoms with Gasteiger partial charge in [0.25, 0.3) is 0 Å². The van der Waals surface area contributed by atoms with Crippen molar-refractivity contribution >= 4 is 5.84 Å². The molecular formula is C9H13N3O. The Kier molecular flexibility index (Phi) is 2.84. The van der Waals surface area contributed by atoms with Crippen LogP contribution in [0.1, 0.15) is 19.4 Å². The first-order valence-electron chi connectivity index (χ1n) is 4.06. The number of ether oxygens (including phenoxy) is 1. The molecule has 13 heavy (non-hydrogen) atoms. The van der Waals surface area contributed by atoms with Gasteiger partial charge in [-0.15, -0.1) is 0 Å². The Labute approximate surface area is 77.2 Å². The number of nitrogens with zero attached hydrogens (tertiary/aromatic N) is 1. The minimum Gasteiger partial charge on any atom is -0.475 e. The quantitative estimate of drug-likeness (QED) is 0.540. The summed E-state index contributed by atoms with van der Waals surface area (Å²) in [5.41, 5.74) is 5.88. The molecule has 0 fully saturated rings. The zero-order valence-corrected chi connectivity index (χ0v) is 7.74. The predicted molar refractivity (Wildman–Crippen MR) is 51.0 cm³/mol. The number of amidine groups is 1. The molecule has 0 spiro atoms. The van der Waals surface area contributed by atoms with E-state index in [2.05, 4.69) is 4.98 Å². The van der Waals surface area contributed by atoms with Crippen LogP contribution in [0.5, 0.6) is 5.88 Å². The maximum Gasteiger partial charge on any atom is 0.213 e. The second-order valence-electron chi connectivity index (χ2n) is 2.97. The number of pyridine rings is 1. The number of nitrogens with two attached hydrogens (primary N) is 1. The molecule has 3 N–H and O–H groups in total. The minimum absolute atomic E-state index is 0.0172. The number of hydrogen-bond donors (Lipinski definition) is 2. The van der Waals surface area contributed by atoms with E-state index in [9.17, 15) is 0 Å². The second kappa shape index (κ2) is 3.89. The summed E-state index contributed by atoms with van der Waals surface area (Å²) in [6.07, 6.45) is 1.63. The molecule has 0 saturated heterocycles. The van der Waals surface area contributed by atoms with Gasteiger partial charge in [-0.3, -0.25) is 5.41 Å². The van der Waals surface area contributed by atoms with Crippen molar-refractivity contribution < 1.29 is 4.74 Å². The van der Waals surface area contributed by atoms with Crippen LogP contribution in [-0.2, 0) is 0 Å². The lowest BCUT2D eigenvalue weighted by Crippen LogP contribution is -2.12. The van der Waals surface area contributed by atoms with Gasteiger partial charge in [0.2, 0.25) is 5.88 Å². The van der Waals surface area contributed by atoms with Crippen LogP contribution in [0.15, 0.2) is 18.3 Å². The topological polar surface area (TPSA) is 72.0 Å². The summed E-state index contributed by atoms with van der Waals surface area (Å²) in [6, 6.07) is 3.42. The number of hydrogen-bond acceptors (Lipinski definition) is 3. The summed E-state index contributed by atoms with van der Waals surface area (Å²) in [5, 5.41) is 7.14. The van der Waals surface area contributed by atoms with Gasteiger partial charge < -0.3 is 10.5 Å². The van der Waals surface area contributed by atoms with E-state index in [-0.39, 0.29) is 11.9 Å². The molecule has 0 aliphatic heterocycles. The first-order valence-corrected chi connectivity index (χ1v) is 4.06. The van der Waals surface area contributed by atoms with Crippen LogP contribution < -0.4 is 10.5 Å². The van der Waals surface area contributed by atoms with E-state index in [1.807, 2.05) is 13.8 Å².